The van der Waals surface area contributed by atoms with Gasteiger partial charge in [0.1, 0.15) is 6.04 Å². The Morgan fingerprint density at radius 2 is 2.15 bits per heavy atom. The van der Waals surface area contributed by atoms with Crippen LogP contribution in [0.5, 0.6) is 0 Å². The van der Waals surface area contributed by atoms with E-state index in [1.165, 1.54) is 4.88 Å². The molecule has 0 spiro atoms. The number of rotatable bonds is 4. The summed E-state index contributed by atoms with van der Waals surface area (Å²) in [5.41, 5.74) is 2.50. The molecule has 2 aliphatic rings. The molecule has 0 unspecified atom stereocenters. The van der Waals surface area contributed by atoms with Crippen LogP contribution >= 0.6 is 11.3 Å². The molecule has 26 heavy (non-hydrogen) atoms. The van der Waals surface area contributed by atoms with Gasteiger partial charge in [0, 0.05) is 30.6 Å². The highest BCUT2D eigenvalue weighted by molar-refractivity contribution is 7.09. The summed E-state index contributed by atoms with van der Waals surface area (Å²) in [4.78, 5) is 30.4. The Morgan fingerprint density at radius 3 is 2.96 bits per heavy atom. The average Bonchev–Trinajstić information content (AvgIpc) is 3.19. The molecule has 1 aromatic carbocycles. The maximum absolute atomic E-state index is 12.7. The molecule has 0 aliphatic carbocycles. The average molecular weight is 369 g/mol. The number of carbonyl (C=O) groups excluding carboxylic acids is 2. The molecule has 2 aliphatic heterocycles. The van der Waals surface area contributed by atoms with Gasteiger partial charge < -0.3 is 15.1 Å². The molecule has 1 N–H and O–H groups in total. The van der Waals surface area contributed by atoms with E-state index in [2.05, 4.69) is 16.3 Å². The summed E-state index contributed by atoms with van der Waals surface area (Å²) in [7, 11) is 1.81. The van der Waals surface area contributed by atoms with Crippen LogP contribution in [-0.2, 0) is 11.2 Å². The van der Waals surface area contributed by atoms with Crippen LogP contribution in [0.15, 0.2) is 35.7 Å². The lowest BCUT2D eigenvalue weighted by Gasteiger charge is -2.44. The number of anilines is 2. The summed E-state index contributed by atoms with van der Waals surface area (Å²) in [5, 5.41) is 5.02. The molecule has 0 radical (unpaired) electrons. The van der Waals surface area contributed by atoms with Gasteiger partial charge in [-0.1, -0.05) is 6.07 Å². The molecule has 4 rings (SSSR count). The third-order valence-corrected chi connectivity index (χ3v) is 6.20. The molecule has 5 nitrogen and oxygen atoms in total. The van der Waals surface area contributed by atoms with Crippen LogP contribution in [0.4, 0.5) is 11.4 Å². The number of fused-ring (bicyclic) bond motifs is 3. The molecule has 136 valence electrons. The summed E-state index contributed by atoms with van der Waals surface area (Å²) >= 11 is 1.70. The van der Waals surface area contributed by atoms with Crippen LogP contribution in [-0.4, -0.2) is 38.0 Å². The molecule has 3 heterocycles. The minimum absolute atomic E-state index is 0.0493. The molecule has 1 saturated heterocycles. The van der Waals surface area contributed by atoms with Gasteiger partial charge in [0.15, 0.2) is 0 Å². The number of benzene rings is 1. The van der Waals surface area contributed by atoms with Gasteiger partial charge in [0.25, 0.3) is 5.91 Å². The van der Waals surface area contributed by atoms with Crippen molar-refractivity contribution in [3.05, 3.63) is 46.2 Å². The number of likely N-dealkylation sites (N-methyl/N-ethyl adjacent to an activating group) is 1. The minimum Gasteiger partial charge on any atom is -0.358 e. The fourth-order valence-corrected chi connectivity index (χ4v) is 4.56. The maximum Gasteiger partial charge on any atom is 0.251 e. The van der Waals surface area contributed by atoms with Crippen molar-refractivity contribution < 1.29 is 9.59 Å². The van der Waals surface area contributed by atoms with Crippen molar-refractivity contribution in [1.29, 1.82) is 0 Å². The Bertz CT molecular complexity index is 818. The predicted molar refractivity (Wildman–Crippen MR) is 105 cm³/mol. The zero-order valence-corrected chi connectivity index (χ0v) is 15.7. The molecule has 0 saturated carbocycles. The van der Waals surface area contributed by atoms with E-state index in [-0.39, 0.29) is 17.9 Å². The largest absolute Gasteiger partial charge is 0.358 e. The second-order valence-corrected chi connectivity index (χ2v) is 7.92. The van der Waals surface area contributed by atoms with Gasteiger partial charge in [-0.25, -0.2) is 0 Å². The number of amides is 2. The fraction of sp³-hybridized carbons (Fsp3) is 0.400. The number of hydrogen-bond donors (Lipinski definition) is 1. The Morgan fingerprint density at radius 1 is 1.27 bits per heavy atom. The van der Waals surface area contributed by atoms with E-state index in [1.807, 2.05) is 36.7 Å². The zero-order valence-electron chi connectivity index (χ0n) is 14.9. The summed E-state index contributed by atoms with van der Waals surface area (Å²) in [6.07, 6.45) is 3.95. The molecule has 0 bridgehead atoms. The zero-order chi connectivity index (χ0) is 18.1. The molecular weight excluding hydrogens is 346 g/mol. The van der Waals surface area contributed by atoms with Crippen molar-refractivity contribution in [2.24, 2.45) is 0 Å². The third-order valence-electron chi connectivity index (χ3n) is 5.26. The van der Waals surface area contributed by atoms with Gasteiger partial charge in [-0.2, -0.15) is 0 Å². The quantitative estimate of drug-likeness (QED) is 0.901. The maximum atomic E-state index is 12.7. The summed E-state index contributed by atoms with van der Waals surface area (Å²) < 4.78 is 0. The Hall–Kier alpha value is -2.34. The van der Waals surface area contributed by atoms with Crippen molar-refractivity contribution in [2.75, 3.05) is 29.9 Å². The molecule has 6 heteroatoms. The predicted octanol–water partition coefficient (Wildman–Crippen LogP) is 3.06. The molecule has 1 fully saturated rings. The Balaban J connectivity index is 1.51. The van der Waals surface area contributed by atoms with Gasteiger partial charge in [-0.3, -0.25) is 9.59 Å². The standard InChI is InChI=1S/C20H23N3O2S/c1-22-18-13-14(19(24)21-10-9-15-5-4-12-26-15)7-8-16(18)23-11-3-2-6-17(23)20(22)25/h4-5,7-8,12-13,17H,2-3,6,9-11H2,1H3,(H,21,24)/t17-/m1/s1. The highest BCUT2D eigenvalue weighted by atomic mass is 32.1. The number of nitrogens with zero attached hydrogens (tertiary/aromatic N) is 2. The van der Waals surface area contributed by atoms with Gasteiger partial charge in [-0.15, -0.1) is 11.3 Å². The van der Waals surface area contributed by atoms with Gasteiger partial charge >= 0.3 is 0 Å². The minimum atomic E-state index is -0.0917. The molecule has 1 atom stereocenters. The lowest BCUT2D eigenvalue weighted by molar-refractivity contribution is -0.120. The fourth-order valence-electron chi connectivity index (χ4n) is 3.85. The number of piperidine rings is 1. The van der Waals surface area contributed by atoms with E-state index < -0.39 is 0 Å². The smallest absolute Gasteiger partial charge is 0.251 e. The first-order valence-electron chi connectivity index (χ1n) is 9.14. The van der Waals surface area contributed by atoms with Crippen LogP contribution in [0.1, 0.15) is 34.5 Å². The van der Waals surface area contributed by atoms with Crippen molar-refractivity contribution in [2.45, 2.75) is 31.7 Å². The van der Waals surface area contributed by atoms with Gasteiger partial charge in [0.05, 0.1) is 11.4 Å². The normalized spacial score (nSPS) is 19.1. The van der Waals surface area contributed by atoms with Crippen LogP contribution in [0.3, 0.4) is 0 Å². The number of nitrogens with one attached hydrogen (secondary N) is 1. The van der Waals surface area contributed by atoms with Crippen LogP contribution in [0.25, 0.3) is 0 Å². The van der Waals surface area contributed by atoms with E-state index in [9.17, 15) is 9.59 Å². The van der Waals surface area contributed by atoms with E-state index >= 15 is 0 Å². The van der Waals surface area contributed by atoms with Crippen molar-refractivity contribution in [3.63, 3.8) is 0 Å². The van der Waals surface area contributed by atoms with Crippen LogP contribution in [0, 0.1) is 0 Å². The van der Waals surface area contributed by atoms with E-state index in [0.29, 0.717) is 12.1 Å². The van der Waals surface area contributed by atoms with Gasteiger partial charge in [-0.05, 0) is 55.3 Å². The molecular formula is C20H23N3O2S. The third kappa shape index (κ3) is 3.09. The molecule has 2 amide bonds. The van der Waals surface area contributed by atoms with E-state index in [4.69, 9.17) is 0 Å². The summed E-state index contributed by atoms with van der Waals surface area (Å²) in [5.74, 6) is 0.0402. The lowest BCUT2D eigenvalue weighted by atomic mass is 9.96. The van der Waals surface area contributed by atoms with E-state index in [1.54, 1.807) is 16.2 Å². The highest BCUT2D eigenvalue weighted by Gasteiger charge is 2.37. The Kier molecular flexibility index (Phi) is 4.68. The summed E-state index contributed by atoms with van der Waals surface area (Å²) in [6, 6.07) is 9.75. The SMILES string of the molecule is CN1C(=O)[C@H]2CCCCN2c2ccc(C(=O)NCCc3cccs3)cc21. The number of thiophene rings is 1. The first-order chi connectivity index (χ1) is 12.6. The van der Waals surface area contributed by atoms with Crippen LogP contribution < -0.4 is 15.1 Å². The second-order valence-electron chi connectivity index (χ2n) is 6.89. The van der Waals surface area contributed by atoms with Crippen molar-refractivity contribution in [3.8, 4) is 0 Å². The van der Waals surface area contributed by atoms with E-state index in [0.717, 1.165) is 43.6 Å². The number of carbonyl (C=O) groups is 2. The molecule has 1 aromatic heterocycles. The van der Waals surface area contributed by atoms with Crippen molar-refractivity contribution >= 4 is 34.5 Å². The lowest BCUT2D eigenvalue weighted by Crippen LogP contribution is -2.54. The first-order valence-corrected chi connectivity index (χ1v) is 10.0. The summed E-state index contributed by atoms with van der Waals surface area (Å²) in [6.45, 7) is 1.52. The van der Waals surface area contributed by atoms with Crippen molar-refractivity contribution in [1.82, 2.24) is 5.32 Å². The first kappa shape index (κ1) is 17.1. The topological polar surface area (TPSA) is 52.7 Å². The monoisotopic (exact) mass is 369 g/mol. The Labute approximate surface area is 157 Å². The second kappa shape index (κ2) is 7.11. The highest BCUT2D eigenvalue weighted by Crippen LogP contribution is 2.39. The number of hydrogen-bond acceptors (Lipinski definition) is 4. The van der Waals surface area contributed by atoms with Gasteiger partial charge in [0.2, 0.25) is 5.91 Å². The molecule has 2 aromatic rings. The van der Waals surface area contributed by atoms with Crippen LogP contribution in [0.2, 0.25) is 0 Å².